The van der Waals surface area contributed by atoms with E-state index in [1.54, 1.807) is 6.07 Å². The van der Waals surface area contributed by atoms with Crippen molar-refractivity contribution in [3.05, 3.63) is 35.9 Å². The molecule has 2 nitrogen and oxygen atoms in total. The van der Waals surface area contributed by atoms with Crippen LogP contribution in [0.3, 0.4) is 0 Å². The number of halogens is 16. The molecule has 18 heteroatoms. The van der Waals surface area contributed by atoms with Gasteiger partial charge in [0.2, 0.25) is 0 Å². The average molecular weight is 563 g/mol. The highest BCUT2D eigenvalue weighted by molar-refractivity contribution is 5.84. The van der Waals surface area contributed by atoms with E-state index in [2.05, 4.69) is 0 Å². The monoisotopic (exact) mass is 563 g/mol. The third-order valence-electron chi connectivity index (χ3n) is 4.72. The minimum absolute atomic E-state index is 0.0308. The molecular weight excluding hydrogens is 550 g/mol. The summed E-state index contributed by atoms with van der Waals surface area (Å²) in [6.07, 6.45) is -6.28. The van der Waals surface area contributed by atoms with Crippen LogP contribution in [0, 0.1) is 0 Å². The van der Waals surface area contributed by atoms with Crippen LogP contribution in [0.1, 0.15) is 12.0 Å². The Morgan fingerprint density at radius 3 is 1.53 bits per heavy atom. The fraction of sp³-hybridized carbons (Fsp3) is 0.611. The molecule has 208 valence electrons. The van der Waals surface area contributed by atoms with Crippen LogP contribution in [-0.2, 0) is 11.2 Å². The topological polar surface area (TPSA) is 29.1 Å². The number of aryl methyl sites for hydroxylation is 1. The van der Waals surface area contributed by atoms with Gasteiger partial charge in [0, 0.05) is 6.54 Å². The second kappa shape index (κ2) is 9.79. The summed E-state index contributed by atoms with van der Waals surface area (Å²) in [6, 6.07) is 7.50. The number of hydrogen-bond acceptors (Lipinski definition) is 1. The van der Waals surface area contributed by atoms with Gasteiger partial charge in [0.1, 0.15) is 0 Å². The molecule has 1 N–H and O–H groups in total. The van der Waals surface area contributed by atoms with Crippen molar-refractivity contribution >= 4 is 5.91 Å². The van der Waals surface area contributed by atoms with Crippen molar-refractivity contribution in [3.63, 3.8) is 0 Å². The number of carbonyl (C=O) groups excluding carboxylic acids is 1. The second-order valence-electron chi connectivity index (χ2n) is 7.22. The maximum Gasteiger partial charge on any atom is 0.392 e. The normalized spacial score (nSPS) is 14.8. The fourth-order valence-corrected chi connectivity index (χ4v) is 2.53. The number of rotatable bonds is 12. The van der Waals surface area contributed by atoms with Crippen LogP contribution in [0.5, 0.6) is 0 Å². The minimum atomic E-state index is -8.53. The minimum Gasteiger partial charge on any atom is -0.351 e. The van der Waals surface area contributed by atoms with Gasteiger partial charge in [-0.25, -0.2) is 8.78 Å². The Morgan fingerprint density at radius 2 is 1.08 bits per heavy atom. The molecule has 1 rings (SSSR count). The van der Waals surface area contributed by atoms with Crippen LogP contribution in [0.25, 0.3) is 0 Å². The number of alkyl halides is 16. The Kier molecular flexibility index (Phi) is 8.60. The van der Waals surface area contributed by atoms with E-state index in [1.165, 1.54) is 24.3 Å². The quantitative estimate of drug-likeness (QED) is 0.230. The van der Waals surface area contributed by atoms with Gasteiger partial charge in [0.05, 0.1) is 0 Å². The number of benzene rings is 1. The molecule has 0 spiro atoms. The van der Waals surface area contributed by atoms with Gasteiger partial charge in [-0.3, -0.25) is 4.79 Å². The Labute approximate surface area is 190 Å². The van der Waals surface area contributed by atoms with Crippen LogP contribution in [0.2, 0.25) is 0 Å². The van der Waals surface area contributed by atoms with Crippen LogP contribution in [-0.4, -0.2) is 60.3 Å². The lowest BCUT2D eigenvalue weighted by Crippen LogP contribution is -2.74. The van der Waals surface area contributed by atoms with E-state index < -0.39 is 60.3 Å². The van der Waals surface area contributed by atoms with E-state index in [0.29, 0.717) is 5.56 Å². The lowest BCUT2D eigenvalue weighted by atomic mass is 9.89. The molecule has 0 heterocycles. The van der Waals surface area contributed by atoms with Crippen molar-refractivity contribution < 1.29 is 75.0 Å². The molecule has 36 heavy (non-hydrogen) atoms. The summed E-state index contributed by atoms with van der Waals surface area (Å²) in [4.78, 5) is 11.3. The van der Waals surface area contributed by atoms with Crippen LogP contribution in [0.15, 0.2) is 30.3 Å². The Hall–Kier alpha value is -2.43. The third-order valence-corrected chi connectivity index (χ3v) is 4.72. The van der Waals surface area contributed by atoms with Gasteiger partial charge in [-0.05, 0) is 18.4 Å². The van der Waals surface area contributed by atoms with E-state index in [9.17, 15) is 75.0 Å². The van der Waals surface area contributed by atoms with E-state index in [-0.39, 0.29) is 12.8 Å². The third kappa shape index (κ3) is 4.78. The molecule has 1 aromatic rings. The van der Waals surface area contributed by atoms with Crippen LogP contribution < -0.4 is 5.32 Å². The van der Waals surface area contributed by atoms with Gasteiger partial charge in [0.15, 0.2) is 0 Å². The fourth-order valence-electron chi connectivity index (χ4n) is 2.53. The molecule has 0 saturated carbocycles. The van der Waals surface area contributed by atoms with Gasteiger partial charge < -0.3 is 5.32 Å². The predicted molar refractivity (Wildman–Crippen MR) is 88.4 cm³/mol. The summed E-state index contributed by atoms with van der Waals surface area (Å²) in [5, 5.41) is 0.929. The highest BCUT2D eigenvalue weighted by Gasteiger charge is 2.94. The lowest BCUT2D eigenvalue weighted by Gasteiger charge is -2.42. The van der Waals surface area contributed by atoms with Gasteiger partial charge in [-0.2, -0.15) is 61.5 Å². The molecule has 0 aliphatic carbocycles. The second-order valence-corrected chi connectivity index (χ2v) is 7.22. The van der Waals surface area contributed by atoms with Crippen molar-refractivity contribution in [1.82, 2.24) is 5.32 Å². The SMILES string of the molecule is O=C(NCCCc1ccccc1)C(F)(F)C(F)(F)C(F)(F)C(F)(F)C(F)(F)C(F)(F)C(F)(F)C(F)F. The maximum absolute atomic E-state index is 13.7. The molecule has 1 aromatic carbocycles. The Bertz CT molecular complexity index is 900. The van der Waals surface area contributed by atoms with E-state index in [4.69, 9.17) is 0 Å². The maximum atomic E-state index is 13.7. The first-order chi connectivity index (χ1) is 15.9. The molecule has 0 bridgehead atoms. The number of amides is 1. The van der Waals surface area contributed by atoms with Gasteiger partial charge in [-0.15, -0.1) is 0 Å². The number of carbonyl (C=O) groups is 1. The first kappa shape index (κ1) is 31.6. The van der Waals surface area contributed by atoms with Crippen molar-refractivity contribution in [1.29, 1.82) is 0 Å². The molecule has 0 aliphatic rings. The van der Waals surface area contributed by atoms with Gasteiger partial charge in [0.25, 0.3) is 5.91 Å². The molecular formula is C18H13F16NO. The summed E-state index contributed by atoms with van der Waals surface area (Å²) in [6.45, 7) is -0.990. The van der Waals surface area contributed by atoms with Crippen LogP contribution >= 0.6 is 0 Å². The van der Waals surface area contributed by atoms with Crippen molar-refractivity contribution in [2.24, 2.45) is 0 Å². The standard InChI is InChI=1S/C18H13F16NO/c19-10(20)12(21,22)14(25,26)16(29,30)18(33,34)17(31,32)15(27,28)13(23,24)11(36)35-8-4-7-9-5-2-1-3-6-9/h1-3,5-6,10H,4,7-8H2,(H,35,36). The largest absolute Gasteiger partial charge is 0.392 e. The Balaban J connectivity index is 3.23. The molecule has 0 atom stereocenters. The number of hydrogen-bond donors (Lipinski definition) is 1. The zero-order valence-corrected chi connectivity index (χ0v) is 17.0. The summed E-state index contributed by atoms with van der Waals surface area (Å²) in [5.74, 6) is -59.4. The highest BCUT2D eigenvalue weighted by atomic mass is 19.4. The molecule has 0 radical (unpaired) electrons. The van der Waals surface area contributed by atoms with E-state index in [0.717, 1.165) is 5.32 Å². The first-order valence-corrected chi connectivity index (χ1v) is 9.19. The Morgan fingerprint density at radius 1 is 0.667 bits per heavy atom. The molecule has 0 fully saturated rings. The molecule has 0 aliphatic heterocycles. The van der Waals surface area contributed by atoms with Crippen LogP contribution in [0.4, 0.5) is 70.2 Å². The molecule has 0 saturated heterocycles. The van der Waals surface area contributed by atoms with Gasteiger partial charge in [-0.1, -0.05) is 30.3 Å². The molecule has 1 amide bonds. The van der Waals surface area contributed by atoms with Crippen molar-refractivity contribution in [2.45, 2.75) is 60.7 Å². The lowest BCUT2D eigenvalue weighted by molar-refractivity contribution is -0.443. The van der Waals surface area contributed by atoms with Gasteiger partial charge >= 0.3 is 47.9 Å². The summed E-state index contributed by atoms with van der Waals surface area (Å²) in [5.41, 5.74) is 0.499. The average Bonchev–Trinajstić information content (AvgIpc) is 2.76. The summed E-state index contributed by atoms with van der Waals surface area (Å²) in [7, 11) is 0. The summed E-state index contributed by atoms with van der Waals surface area (Å²) < 4.78 is 212. The van der Waals surface area contributed by atoms with Crippen molar-refractivity contribution in [3.8, 4) is 0 Å². The molecule has 0 unspecified atom stereocenters. The zero-order valence-electron chi connectivity index (χ0n) is 17.0. The molecule has 0 aromatic heterocycles. The van der Waals surface area contributed by atoms with E-state index in [1.807, 2.05) is 0 Å². The predicted octanol–water partition coefficient (Wildman–Crippen LogP) is 6.45. The number of nitrogens with one attached hydrogen (secondary N) is 1. The highest BCUT2D eigenvalue weighted by Crippen LogP contribution is 2.62. The van der Waals surface area contributed by atoms with Crippen molar-refractivity contribution in [2.75, 3.05) is 6.54 Å². The zero-order chi connectivity index (χ0) is 28.6. The summed E-state index contributed by atoms with van der Waals surface area (Å²) >= 11 is 0. The smallest absolute Gasteiger partial charge is 0.351 e. The van der Waals surface area contributed by atoms with E-state index >= 15 is 0 Å². The first-order valence-electron chi connectivity index (χ1n) is 9.19.